The third-order valence-electron chi connectivity index (χ3n) is 4.33. The normalized spacial score (nSPS) is 11.9. The molecular formula is C21H15F6N3O. The van der Waals surface area contributed by atoms with E-state index in [2.05, 4.69) is 9.97 Å². The molecule has 0 aliphatic carbocycles. The highest BCUT2D eigenvalue weighted by Gasteiger charge is 2.37. The number of carbonyl (C=O) groups excluding carboxylic acids is 1. The Balaban J connectivity index is 2.01. The van der Waals surface area contributed by atoms with Gasteiger partial charge in [-0.25, -0.2) is 0 Å². The summed E-state index contributed by atoms with van der Waals surface area (Å²) in [5.74, 6) is -0.572. The minimum atomic E-state index is -4.97. The van der Waals surface area contributed by atoms with Gasteiger partial charge in [0.2, 0.25) is 0 Å². The van der Waals surface area contributed by atoms with E-state index in [-0.39, 0.29) is 23.7 Å². The number of carbonyl (C=O) groups is 1. The highest BCUT2D eigenvalue weighted by molar-refractivity contribution is 5.94. The van der Waals surface area contributed by atoms with Gasteiger partial charge in [-0.1, -0.05) is 6.07 Å². The number of hydrogen-bond acceptors (Lipinski definition) is 3. The van der Waals surface area contributed by atoms with Gasteiger partial charge < -0.3 is 4.90 Å². The van der Waals surface area contributed by atoms with Crippen molar-refractivity contribution in [3.05, 3.63) is 95.1 Å². The molecule has 0 saturated heterocycles. The van der Waals surface area contributed by atoms with Crippen molar-refractivity contribution in [3.8, 4) is 0 Å². The third-order valence-corrected chi connectivity index (χ3v) is 4.33. The lowest BCUT2D eigenvalue weighted by molar-refractivity contribution is -0.143. The zero-order valence-corrected chi connectivity index (χ0v) is 15.8. The van der Waals surface area contributed by atoms with Gasteiger partial charge in [0.05, 0.1) is 11.1 Å². The van der Waals surface area contributed by atoms with Crippen LogP contribution < -0.4 is 0 Å². The van der Waals surface area contributed by atoms with Crippen LogP contribution in [0.5, 0.6) is 0 Å². The average Bonchev–Trinajstić information content (AvgIpc) is 2.73. The molecule has 162 valence electrons. The molecule has 0 fully saturated rings. The number of pyridine rings is 2. The van der Waals surface area contributed by atoms with Crippen LogP contribution in [0.1, 0.15) is 32.6 Å². The molecule has 10 heteroatoms. The second-order valence-corrected chi connectivity index (χ2v) is 6.67. The van der Waals surface area contributed by atoms with E-state index >= 15 is 0 Å². The number of amides is 1. The summed E-state index contributed by atoms with van der Waals surface area (Å²) in [7, 11) is 0. The van der Waals surface area contributed by atoms with Crippen molar-refractivity contribution >= 4 is 5.91 Å². The van der Waals surface area contributed by atoms with Crippen molar-refractivity contribution in [2.45, 2.75) is 25.4 Å². The minimum absolute atomic E-state index is 0.0552. The summed E-state index contributed by atoms with van der Waals surface area (Å²) in [5.41, 5.74) is -2.41. The van der Waals surface area contributed by atoms with Crippen LogP contribution in [-0.2, 0) is 25.4 Å². The van der Waals surface area contributed by atoms with Crippen molar-refractivity contribution in [3.63, 3.8) is 0 Å². The van der Waals surface area contributed by atoms with Crippen LogP contribution in [0.15, 0.2) is 67.3 Å². The van der Waals surface area contributed by atoms with E-state index in [4.69, 9.17) is 0 Å². The van der Waals surface area contributed by atoms with E-state index in [1.807, 2.05) is 0 Å². The molecule has 1 amide bonds. The topological polar surface area (TPSA) is 46.1 Å². The fourth-order valence-corrected chi connectivity index (χ4v) is 2.92. The van der Waals surface area contributed by atoms with E-state index in [1.165, 1.54) is 36.9 Å². The average molecular weight is 439 g/mol. The minimum Gasteiger partial charge on any atom is -0.330 e. The molecule has 2 heterocycles. The van der Waals surface area contributed by atoms with E-state index < -0.39 is 35.9 Å². The smallest absolute Gasteiger partial charge is 0.330 e. The first-order chi connectivity index (χ1) is 14.5. The highest BCUT2D eigenvalue weighted by Crippen LogP contribution is 2.36. The maximum Gasteiger partial charge on any atom is 0.416 e. The number of halogens is 6. The summed E-state index contributed by atoms with van der Waals surface area (Å²) in [6.45, 7) is -0.532. The molecule has 3 rings (SSSR count). The molecule has 4 nitrogen and oxygen atoms in total. The van der Waals surface area contributed by atoms with E-state index in [0.29, 0.717) is 17.7 Å². The van der Waals surface area contributed by atoms with Crippen LogP contribution in [0.4, 0.5) is 26.3 Å². The summed E-state index contributed by atoms with van der Waals surface area (Å²) in [6.07, 6.45) is -4.26. The predicted octanol–water partition coefficient (Wildman–Crippen LogP) is 5.36. The molecule has 0 aliphatic rings. The first-order valence-corrected chi connectivity index (χ1v) is 8.90. The van der Waals surface area contributed by atoms with Gasteiger partial charge in [0, 0.05) is 43.4 Å². The third kappa shape index (κ3) is 5.80. The molecule has 2 aromatic heterocycles. The fourth-order valence-electron chi connectivity index (χ4n) is 2.92. The number of alkyl halides is 6. The highest BCUT2D eigenvalue weighted by atomic mass is 19.4. The van der Waals surface area contributed by atoms with Crippen LogP contribution in [0.3, 0.4) is 0 Å². The summed E-state index contributed by atoms with van der Waals surface area (Å²) < 4.78 is 79.1. The Morgan fingerprint density at radius 3 is 1.87 bits per heavy atom. The maximum atomic E-state index is 13.2. The van der Waals surface area contributed by atoms with Crippen molar-refractivity contribution in [1.82, 2.24) is 14.9 Å². The van der Waals surface area contributed by atoms with E-state index in [1.54, 1.807) is 12.1 Å². The number of aromatic nitrogens is 2. The van der Waals surface area contributed by atoms with E-state index in [0.717, 1.165) is 4.90 Å². The Hall–Kier alpha value is -3.43. The van der Waals surface area contributed by atoms with Crippen molar-refractivity contribution in [2.75, 3.05) is 0 Å². The Bertz CT molecular complexity index is 1000. The van der Waals surface area contributed by atoms with Crippen LogP contribution in [-0.4, -0.2) is 20.8 Å². The molecule has 0 spiro atoms. The van der Waals surface area contributed by atoms with Gasteiger partial charge in [0.25, 0.3) is 5.91 Å². The van der Waals surface area contributed by atoms with Gasteiger partial charge in [-0.15, -0.1) is 0 Å². The summed E-state index contributed by atoms with van der Waals surface area (Å²) in [5, 5.41) is 0. The quantitative estimate of drug-likeness (QED) is 0.503. The molecule has 0 aliphatic heterocycles. The Labute approximate surface area is 173 Å². The van der Waals surface area contributed by atoms with Gasteiger partial charge in [-0.05, 0) is 47.5 Å². The number of hydrogen-bond donors (Lipinski definition) is 0. The molecule has 3 aromatic rings. The summed E-state index contributed by atoms with van der Waals surface area (Å²) >= 11 is 0. The molecule has 0 unspecified atom stereocenters. The predicted molar refractivity (Wildman–Crippen MR) is 98.5 cm³/mol. The van der Waals surface area contributed by atoms with Gasteiger partial charge in [0.1, 0.15) is 0 Å². The van der Waals surface area contributed by atoms with Gasteiger partial charge >= 0.3 is 12.4 Å². The summed E-state index contributed by atoms with van der Waals surface area (Å²) in [4.78, 5) is 21.8. The lowest BCUT2D eigenvalue weighted by Crippen LogP contribution is -2.30. The molecule has 0 radical (unpaired) electrons. The summed E-state index contributed by atoms with van der Waals surface area (Å²) in [6, 6.07) is 7.36. The monoisotopic (exact) mass is 439 g/mol. The molecule has 31 heavy (non-hydrogen) atoms. The van der Waals surface area contributed by atoms with Crippen LogP contribution in [0.25, 0.3) is 0 Å². The first-order valence-electron chi connectivity index (χ1n) is 8.90. The number of benzene rings is 1. The number of nitrogens with zero attached hydrogens (tertiary/aromatic N) is 3. The standard InChI is InChI=1S/C21H15F6N3O/c22-20(23,24)17-8-15(9-18(10-17)21(25,26)27)13-30(12-14-2-1-5-29-11-14)19(31)16-3-6-28-7-4-16/h1-11H,12-13H2. The molecule has 0 N–H and O–H groups in total. The zero-order valence-electron chi connectivity index (χ0n) is 15.8. The Morgan fingerprint density at radius 1 is 0.774 bits per heavy atom. The molecule has 1 aromatic carbocycles. The number of rotatable bonds is 5. The van der Waals surface area contributed by atoms with Gasteiger partial charge in [-0.3, -0.25) is 14.8 Å². The lowest BCUT2D eigenvalue weighted by Gasteiger charge is -2.24. The molecule has 0 bridgehead atoms. The fraction of sp³-hybridized carbons (Fsp3) is 0.190. The van der Waals surface area contributed by atoms with Crippen molar-refractivity contribution in [1.29, 1.82) is 0 Å². The molecule has 0 saturated carbocycles. The van der Waals surface area contributed by atoms with Crippen molar-refractivity contribution in [2.24, 2.45) is 0 Å². The molecule has 0 atom stereocenters. The van der Waals surface area contributed by atoms with Crippen LogP contribution in [0.2, 0.25) is 0 Å². The first kappa shape index (κ1) is 22.3. The SMILES string of the molecule is O=C(c1ccncc1)N(Cc1cccnc1)Cc1cc(C(F)(F)F)cc(C(F)(F)F)c1. The van der Waals surface area contributed by atoms with Crippen LogP contribution >= 0.6 is 0 Å². The van der Waals surface area contributed by atoms with Gasteiger partial charge in [-0.2, -0.15) is 26.3 Å². The van der Waals surface area contributed by atoms with Gasteiger partial charge in [0.15, 0.2) is 0 Å². The van der Waals surface area contributed by atoms with Crippen molar-refractivity contribution < 1.29 is 31.1 Å². The second kappa shape index (κ2) is 8.75. The zero-order chi connectivity index (χ0) is 22.6. The Morgan fingerprint density at radius 2 is 1.35 bits per heavy atom. The molecular weight excluding hydrogens is 424 g/mol. The Kier molecular flexibility index (Phi) is 6.28. The second-order valence-electron chi connectivity index (χ2n) is 6.67. The largest absolute Gasteiger partial charge is 0.416 e. The lowest BCUT2D eigenvalue weighted by atomic mass is 10.0. The maximum absolute atomic E-state index is 13.2. The van der Waals surface area contributed by atoms with E-state index in [9.17, 15) is 31.1 Å². The van der Waals surface area contributed by atoms with Crippen LogP contribution in [0, 0.1) is 0 Å².